The number of nitrogens with zero attached hydrogens (tertiary/aromatic N) is 2. The van der Waals surface area contributed by atoms with Crippen molar-refractivity contribution < 1.29 is 27.4 Å². The highest BCUT2D eigenvalue weighted by atomic mass is 79.9. The zero-order valence-electron chi connectivity index (χ0n) is 13.4. The molecule has 2 heterocycles. The number of rotatable bonds is 3. The van der Waals surface area contributed by atoms with Gasteiger partial charge in [0.05, 0.1) is 14.2 Å². The van der Waals surface area contributed by atoms with E-state index in [1.165, 1.54) is 19.2 Å². The van der Waals surface area contributed by atoms with Crippen molar-refractivity contribution in [2.45, 2.75) is 6.18 Å². The molecule has 0 aliphatic heterocycles. The first-order valence-corrected chi connectivity index (χ1v) is 8.21. The Morgan fingerprint density at radius 3 is 1.96 bits per heavy atom. The number of hydrogen-bond donors (Lipinski definition) is 2. The first kappa shape index (κ1) is 22.0. The molecule has 2 rings (SSSR count). The van der Waals surface area contributed by atoms with Crippen LogP contribution in [0.4, 0.5) is 24.8 Å². The van der Waals surface area contributed by atoms with Gasteiger partial charge in [0.25, 0.3) is 0 Å². The lowest BCUT2D eigenvalue weighted by Gasteiger charge is -2.08. The van der Waals surface area contributed by atoms with E-state index in [9.17, 15) is 18.0 Å². The number of carbonyl (C=O) groups excluding carboxylic acids is 1. The number of ether oxygens (including phenoxy) is 2. The Morgan fingerprint density at radius 1 is 1.04 bits per heavy atom. The van der Waals surface area contributed by atoms with Gasteiger partial charge in [0.1, 0.15) is 20.8 Å². The third-order valence-electron chi connectivity index (χ3n) is 2.59. The number of methoxy groups -OCH3 is 2. The monoisotopic (exact) mass is 500 g/mol. The summed E-state index contributed by atoms with van der Waals surface area (Å²) in [6.45, 7) is 0. The maximum atomic E-state index is 11.9. The van der Waals surface area contributed by atoms with Crippen LogP contribution in [0.1, 0.15) is 0 Å². The average Bonchev–Trinajstić information content (AvgIpc) is 2.55. The summed E-state index contributed by atoms with van der Waals surface area (Å²) in [5.74, 6) is -0.765. The first-order valence-electron chi connectivity index (χ1n) is 6.63. The molecule has 3 N–H and O–H groups in total. The molecule has 1 amide bonds. The molecule has 0 aromatic carbocycles. The molecular formula is C14H13Br2F3N4O3. The lowest BCUT2D eigenvalue weighted by molar-refractivity contribution is -0.167. The van der Waals surface area contributed by atoms with E-state index in [1.807, 2.05) is 0 Å². The highest BCUT2D eigenvalue weighted by Gasteiger charge is 2.38. The van der Waals surface area contributed by atoms with Crippen molar-refractivity contribution in [3.63, 3.8) is 0 Å². The Hall–Kier alpha value is -2.08. The lowest BCUT2D eigenvalue weighted by atomic mass is 10.4. The molecule has 0 aliphatic carbocycles. The number of nitrogens with one attached hydrogen (secondary N) is 1. The molecule has 0 fully saturated rings. The van der Waals surface area contributed by atoms with Gasteiger partial charge in [-0.2, -0.15) is 13.2 Å². The van der Waals surface area contributed by atoms with Crippen LogP contribution in [0.2, 0.25) is 0 Å². The highest BCUT2D eigenvalue weighted by Crippen LogP contribution is 2.25. The lowest BCUT2D eigenvalue weighted by Crippen LogP contribution is -2.30. The number of nitrogen functional groups attached to an aromatic ring is 1. The Bertz CT molecular complexity index is 776. The largest absolute Gasteiger partial charge is 0.494 e. The van der Waals surface area contributed by atoms with Crippen LogP contribution in [-0.2, 0) is 4.79 Å². The van der Waals surface area contributed by atoms with Crippen LogP contribution in [0.3, 0.4) is 0 Å². The molecule has 0 bridgehead atoms. The molecule has 26 heavy (non-hydrogen) atoms. The molecule has 0 aliphatic rings. The molecular weight excluding hydrogens is 489 g/mol. The van der Waals surface area contributed by atoms with E-state index in [2.05, 4.69) is 41.8 Å². The maximum Gasteiger partial charge on any atom is 0.471 e. The molecule has 0 atom stereocenters. The summed E-state index contributed by atoms with van der Waals surface area (Å²) < 4.78 is 46.3. The van der Waals surface area contributed by atoms with Gasteiger partial charge in [0.15, 0.2) is 11.5 Å². The Kier molecular flexibility index (Phi) is 8.08. The van der Waals surface area contributed by atoms with Crippen LogP contribution in [-0.4, -0.2) is 36.3 Å². The van der Waals surface area contributed by atoms with Gasteiger partial charge < -0.3 is 20.5 Å². The molecule has 142 valence electrons. The van der Waals surface area contributed by atoms with Gasteiger partial charge in [0, 0.05) is 0 Å². The second kappa shape index (κ2) is 9.57. The van der Waals surface area contributed by atoms with Crippen molar-refractivity contribution in [3.8, 4) is 11.5 Å². The smallest absolute Gasteiger partial charge is 0.471 e. The van der Waals surface area contributed by atoms with E-state index < -0.39 is 12.1 Å². The molecule has 0 radical (unpaired) electrons. The Balaban J connectivity index is 0.000000289. The fourth-order valence-corrected chi connectivity index (χ4v) is 2.40. The predicted molar refractivity (Wildman–Crippen MR) is 96.1 cm³/mol. The number of hydrogen-bond acceptors (Lipinski definition) is 6. The standard InChI is InChI=1S/C8H6BrF3N2O2.C6H7BrN2O/c1-16-4-2-3-5(13-6(4)9)14-7(15)8(10,11)12;1-10-4-2-3-5(8)9-6(4)7/h2-3H,1H3,(H,13,14,15);2-3H,1H3,(H2,8,9). The van der Waals surface area contributed by atoms with Crippen molar-refractivity contribution in [2.24, 2.45) is 0 Å². The zero-order chi connectivity index (χ0) is 19.9. The van der Waals surface area contributed by atoms with E-state index in [-0.39, 0.29) is 10.4 Å². The number of nitrogens with two attached hydrogens (primary N) is 1. The zero-order valence-corrected chi connectivity index (χ0v) is 16.6. The molecule has 0 saturated carbocycles. The Morgan fingerprint density at radius 2 is 1.54 bits per heavy atom. The van der Waals surface area contributed by atoms with Crippen molar-refractivity contribution in [2.75, 3.05) is 25.3 Å². The van der Waals surface area contributed by atoms with Crippen molar-refractivity contribution in [1.82, 2.24) is 9.97 Å². The summed E-state index contributed by atoms with van der Waals surface area (Å²) in [5, 5.41) is 1.61. The van der Waals surface area contributed by atoms with Gasteiger partial charge >= 0.3 is 12.1 Å². The summed E-state index contributed by atoms with van der Waals surface area (Å²) in [4.78, 5) is 18.1. The van der Waals surface area contributed by atoms with Gasteiger partial charge in [-0.3, -0.25) is 4.79 Å². The summed E-state index contributed by atoms with van der Waals surface area (Å²) in [7, 11) is 2.97. The molecule has 2 aromatic heterocycles. The van der Waals surface area contributed by atoms with E-state index in [0.717, 1.165) is 0 Å². The van der Waals surface area contributed by atoms with Crippen LogP contribution < -0.4 is 20.5 Å². The topological polar surface area (TPSA) is 99.4 Å². The van der Waals surface area contributed by atoms with Gasteiger partial charge in [-0.1, -0.05) is 0 Å². The maximum absolute atomic E-state index is 11.9. The summed E-state index contributed by atoms with van der Waals surface area (Å²) in [6.07, 6.45) is -4.94. The van der Waals surface area contributed by atoms with E-state index in [1.54, 1.807) is 24.6 Å². The number of carbonyl (C=O) groups is 1. The van der Waals surface area contributed by atoms with Crippen molar-refractivity contribution in [1.29, 1.82) is 0 Å². The van der Waals surface area contributed by atoms with Crippen LogP contribution in [0.25, 0.3) is 0 Å². The molecule has 12 heteroatoms. The normalized spacial score (nSPS) is 10.4. The van der Waals surface area contributed by atoms with Crippen LogP contribution in [0.15, 0.2) is 33.5 Å². The summed E-state index contributed by atoms with van der Waals surface area (Å²) >= 11 is 6.17. The average molecular weight is 502 g/mol. The van der Waals surface area contributed by atoms with E-state index >= 15 is 0 Å². The van der Waals surface area contributed by atoms with Crippen LogP contribution in [0, 0.1) is 0 Å². The van der Waals surface area contributed by atoms with E-state index in [4.69, 9.17) is 15.2 Å². The second-order valence-corrected chi connectivity index (χ2v) is 5.87. The van der Waals surface area contributed by atoms with Gasteiger partial charge in [-0.25, -0.2) is 9.97 Å². The fourth-order valence-electron chi connectivity index (χ4n) is 1.42. The molecule has 0 spiro atoms. The third-order valence-corrected chi connectivity index (χ3v) is 3.73. The molecule has 0 unspecified atom stereocenters. The van der Waals surface area contributed by atoms with Crippen molar-refractivity contribution in [3.05, 3.63) is 33.5 Å². The second-order valence-electron chi connectivity index (χ2n) is 4.37. The number of amides is 1. The minimum absolute atomic E-state index is 0.204. The highest BCUT2D eigenvalue weighted by molar-refractivity contribution is 9.10. The minimum Gasteiger partial charge on any atom is -0.494 e. The van der Waals surface area contributed by atoms with Crippen LogP contribution in [0.5, 0.6) is 11.5 Å². The quantitative estimate of drug-likeness (QED) is 0.621. The van der Waals surface area contributed by atoms with Crippen LogP contribution >= 0.6 is 31.9 Å². The number of halogens is 5. The molecule has 7 nitrogen and oxygen atoms in total. The predicted octanol–water partition coefficient (Wildman–Crippen LogP) is 3.79. The molecule has 0 saturated heterocycles. The first-order chi connectivity index (χ1) is 12.1. The van der Waals surface area contributed by atoms with Gasteiger partial charge in [-0.15, -0.1) is 0 Å². The summed E-state index contributed by atoms with van der Waals surface area (Å²) in [5.41, 5.74) is 5.39. The number of pyridine rings is 2. The Labute approximate surface area is 163 Å². The minimum atomic E-state index is -4.94. The fraction of sp³-hybridized carbons (Fsp3) is 0.214. The molecule has 2 aromatic rings. The number of alkyl halides is 3. The number of aromatic nitrogens is 2. The number of anilines is 2. The van der Waals surface area contributed by atoms with E-state index in [0.29, 0.717) is 21.9 Å². The van der Waals surface area contributed by atoms with Gasteiger partial charge in [-0.05, 0) is 56.1 Å². The SMILES string of the molecule is COc1ccc(N)nc1Br.COc1ccc(NC(=O)C(F)(F)F)nc1Br. The third kappa shape index (κ3) is 6.67. The van der Waals surface area contributed by atoms with Gasteiger partial charge in [0.2, 0.25) is 0 Å². The summed E-state index contributed by atoms with van der Waals surface area (Å²) in [6, 6.07) is 6.02. The van der Waals surface area contributed by atoms with Crippen molar-refractivity contribution >= 4 is 49.4 Å².